The van der Waals surface area contributed by atoms with Gasteiger partial charge in [0.05, 0.1) is 6.07 Å². The Kier molecular flexibility index (Phi) is 3.52. The predicted molar refractivity (Wildman–Crippen MR) is 64.9 cm³/mol. The lowest BCUT2D eigenvalue weighted by molar-refractivity contribution is 0.623. The Morgan fingerprint density at radius 1 is 1.00 bits per heavy atom. The molecule has 1 unspecified atom stereocenters. The van der Waals surface area contributed by atoms with E-state index < -0.39 is 0 Å². The van der Waals surface area contributed by atoms with E-state index in [0.29, 0.717) is 6.42 Å². The van der Waals surface area contributed by atoms with E-state index in [9.17, 15) is 4.39 Å². The molecule has 0 amide bonds. The molecule has 0 saturated heterocycles. The van der Waals surface area contributed by atoms with Crippen LogP contribution in [0.4, 0.5) is 4.39 Å². The van der Waals surface area contributed by atoms with Crippen LogP contribution < -0.4 is 0 Å². The van der Waals surface area contributed by atoms with E-state index in [1.165, 1.54) is 12.1 Å². The van der Waals surface area contributed by atoms with Crippen molar-refractivity contribution < 1.29 is 4.39 Å². The molecular formula is C15H12FN. The molecule has 0 N–H and O–H groups in total. The van der Waals surface area contributed by atoms with Gasteiger partial charge in [-0.3, -0.25) is 0 Å². The summed E-state index contributed by atoms with van der Waals surface area (Å²) in [6, 6.07) is 18.3. The molecule has 0 bridgehead atoms. The Labute approximate surface area is 100 Å². The van der Waals surface area contributed by atoms with Crippen molar-refractivity contribution in [1.29, 1.82) is 5.26 Å². The van der Waals surface area contributed by atoms with Crippen molar-refractivity contribution in [2.45, 2.75) is 12.3 Å². The normalized spacial score (nSPS) is 11.8. The number of nitriles is 1. The van der Waals surface area contributed by atoms with Gasteiger partial charge in [0.2, 0.25) is 0 Å². The molecule has 17 heavy (non-hydrogen) atoms. The molecule has 0 spiro atoms. The first-order valence-electron chi connectivity index (χ1n) is 5.48. The Bertz CT molecular complexity index is 528. The Morgan fingerprint density at radius 2 is 1.71 bits per heavy atom. The van der Waals surface area contributed by atoms with E-state index in [1.54, 1.807) is 6.07 Å². The number of halogens is 1. The van der Waals surface area contributed by atoms with Gasteiger partial charge in [0.15, 0.2) is 0 Å². The molecule has 2 aromatic carbocycles. The van der Waals surface area contributed by atoms with Gasteiger partial charge in [0.1, 0.15) is 5.82 Å². The first kappa shape index (κ1) is 11.3. The van der Waals surface area contributed by atoms with Crippen LogP contribution in [0.15, 0.2) is 54.6 Å². The van der Waals surface area contributed by atoms with Crippen molar-refractivity contribution in [3.63, 3.8) is 0 Å². The molecule has 84 valence electrons. The number of hydrogen-bond acceptors (Lipinski definition) is 1. The first-order valence-corrected chi connectivity index (χ1v) is 5.48. The molecule has 2 rings (SSSR count). The van der Waals surface area contributed by atoms with E-state index in [4.69, 9.17) is 5.26 Å². The quantitative estimate of drug-likeness (QED) is 0.777. The highest BCUT2D eigenvalue weighted by Gasteiger charge is 2.13. The molecular weight excluding hydrogens is 213 g/mol. The van der Waals surface area contributed by atoms with Crippen molar-refractivity contribution in [2.24, 2.45) is 0 Å². The van der Waals surface area contributed by atoms with Gasteiger partial charge in [-0.2, -0.15) is 5.26 Å². The summed E-state index contributed by atoms with van der Waals surface area (Å²) < 4.78 is 13.2. The maximum absolute atomic E-state index is 13.2. The van der Waals surface area contributed by atoms with Crippen LogP contribution in [-0.2, 0) is 0 Å². The maximum Gasteiger partial charge on any atom is 0.123 e. The van der Waals surface area contributed by atoms with Gasteiger partial charge in [-0.15, -0.1) is 0 Å². The fourth-order valence-electron chi connectivity index (χ4n) is 1.93. The van der Waals surface area contributed by atoms with E-state index in [-0.39, 0.29) is 11.7 Å². The lowest BCUT2D eigenvalue weighted by Crippen LogP contribution is -2.00. The van der Waals surface area contributed by atoms with Crippen molar-refractivity contribution in [1.82, 2.24) is 0 Å². The highest BCUT2D eigenvalue weighted by molar-refractivity contribution is 5.33. The largest absolute Gasteiger partial charge is 0.207 e. The van der Waals surface area contributed by atoms with Crippen molar-refractivity contribution in [3.8, 4) is 6.07 Å². The van der Waals surface area contributed by atoms with Gasteiger partial charge in [-0.05, 0) is 23.3 Å². The van der Waals surface area contributed by atoms with E-state index in [0.717, 1.165) is 11.1 Å². The van der Waals surface area contributed by atoms with Crippen LogP contribution in [0.25, 0.3) is 0 Å². The molecule has 0 aliphatic rings. The summed E-state index contributed by atoms with van der Waals surface area (Å²) in [6.07, 6.45) is 0.355. The summed E-state index contributed by atoms with van der Waals surface area (Å²) >= 11 is 0. The van der Waals surface area contributed by atoms with E-state index in [2.05, 4.69) is 6.07 Å². The zero-order chi connectivity index (χ0) is 12.1. The molecule has 0 aromatic heterocycles. The van der Waals surface area contributed by atoms with Crippen LogP contribution in [0.1, 0.15) is 23.5 Å². The third kappa shape index (κ3) is 2.70. The number of benzene rings is 2. The van der Waals surface area contributed by atoms with Crippen LogP contribution >= 0.6 is 0 Å². The Balaban J connectivity index is 2.40. The van der Waals surface area contributed by atoms with Crippen molar-refractivity contribution >= 4 is 0 Å². The Hall–Kier alpha value is -2.14. The minimum atomic E-state index is -0.263. The zero-order valence-electron chi connectivity index (χ0n) is 9.31. The molecule has 1 atom stereocenters. The topological polar surface area (TPSA) is 23.8 Å². The number of hydrogen-bond donors (Lipinski definition) is 0. The van der Waals surface area contributed by atoms with Gasteiger partial charge in [-0.1, -0.05) is 42.5 Å². The van der Waals surface area contributed by atoms with Gasteiger partial charge in [0.25, 0.3) is 0 Å². The average Bonchev–Trinajstić information content (AvgIpc) is 2.37. The molecule has 1 nitrogen and oxygen atoms in total. The van der Waals surface area contributed by atoms with E-state index >= 15 is 0 Å². The average molecular weight is 225 g/mol. The molecule has 0 aliphatic carbocycles. The van der Waals surface area contributed by atoms with Crippen LogP contribution in [0.3, 0.4) is 0 Å². The SMILES string of the molecule is N#CCC(c1ccccc1)c1cccc(F)c1. The second-order valence-electron chi connectivity index (χ2n) is 3.88. The lowest BCUT2D eigenvalue weighted by atomic mass is 9.89. The third-order valence-corrected chi connectivity index (χ3v) is 2.75. The van der Waals surface area contributed by atoms with Gasteiger partial charge in [-0.25, -0.2) is 4.39 Å². The fourth-order valence-corrected chi connectivity index (χ4v) is 1.93. The lowest BCUT2D eigenvalue weighted by Gasteiger charge is -2.14. The second kappa shape index (κ2) is 5.27. The highest BCUT2D eigenvalue weighted by atomic mass is 19.1. The fraction of sp³-hybridized carbons (Fsp3) is 0.133. The first-order chi connectivity index (χ1) is 8.31. The molecule has 0 fully saturated rings. The van der Waals surface area contributed by atoms with Crippen LogP contribution in [0, 0.1) is 17.1 Å². The Morgan fingerprint density at radius 3 is 2.35 bits per heavy atom. The smallest absolute Gasteiger partial charge is 0.123 e. The van der Waals surface area contributed by atoms with Gasteiger partial charge >= 0.3 is 0 Å². The second-order valence-corrected chi connectivity index (χ2v) is 3.88. The van der Waals surface area contributed by atoms with Crippen molar-refractivity contribution in [3.05, 3.63) is 71.5 Å². The molecule has 0 saturated carbocycles. The minimum absolute atomic E-state index is 0.0584. The van der Waals surface area contributed by atoms with Crippen molar-refractivity contribution in [2.75, 3.05) is 0 Å². The molecule has 2 aromatic rings. The summed E-state index contributed by atoms with van der Waals surface area (Å²) in [5, 5.41) is 8.88. The summed E-state index contributed by atoms with van der Waals surface area (Å²) in [5.74, 6) is -0.321. The molecule has 2 heteroatoms. The van der Waals surface area contributed by atoms with Crippen LogP contribution in [0.5, 0.6) is 0 Å². The van der Waals surface area contributed by atoms with Crippen LogP contribution in [0.2, 0.25) is 0 Å². The monoisotopic (exact) mass is 225 g/mol. The maximum atomic E-state index is 13.2. The summed E-state index contributed by atoms with van der Waals surface area (Å²) in [4.78, 5) is 0. The predicted octanol–water partition coefficient (Wildman–Crippen LogP) is 3.87. The van der Waals surface area contributed by atoms with Gasteiger partial charge in [0, 0.05) is 12.3 Å². The third-order valence-electron chi connectivity index (χ3n) is 2.75. The van der Waals surface area contributed by atoms with E-state index in [1.807, 2.05) is 36.4 Å². The van der Waals surface area contributed by atoms with Crippen LogP contribution in [-0.4, -0.2) is 0 Å². The molecule has 0 aliphatic heterocycles. The summed E-state index contributed by atoms with van der Waals surface area (Å²) in [5.41, 5.74) is 1.89. The summed E-state index contributed by atoms with van der Waals surface area (Å²) in [6.45, 7) is 0. The number of nitrogens with zero attached hydrogens (tertiary/aromatic N) is 1. The number of rotatable bonds is 3. The molecule has 0 radical (unpaired) electrons. The summed E-state index contributed by atoms with van der Waals surface area (Å²) in [7, 11) is 0. The zero-order valence-corrected chi connectivity index (χ0v) is 9.31. The van der Waals surface area contributed by atoms with Gasteiger partial charge < -0.3 is 0 Å². The minimum Gasteiger partial charge on any atom is -0.207 e. The standard InChI is InChI=1S/C15H12FN/c16-14-8-4-7-13(11-14)15(9-10-17)12-5-2-1-3-6-12/h1-8,11,15H,9H2. The molecule has 0 heterocycles. The highest BCUT2D eigenvalue weighted by Crippen LogP contribution is 2.27.